The average Bonchev–Trinajstić information content (AvgIpc) is 2.97. The van der Waals surface area contributed by atoms with E-state index in [0.29, 0.717) is 11.7 Å². The lowest BCUT2D eigenvalue weighted by Gasteiger charge is -2.13. The lowest BCUT2D eigenvalue weighted by atomic mass is 10.0. The lowest BCUT2D eigenvalue weighted by Crippen LogP contribution is -2.12. The summed E-state index contributed by atoms with van der Waals surface area (Å²) in [5.74, 6) is 1.26. The third-order valence-corrected chi connectivity index (χ3v) is 5.05. The topological polar surface area (TPSA) is 63.8 Å². The maximum absolute atomic E-state index is 5.98. The first-order chi connectivity index (χ1) is 9.15. The Morgan fingerprint density at radius 2 is 2.11 bits per heavy atom. The molecule has 19 heavy (non-hydrogen) atoms. The van der Waals surface area contributed by atoms with Crippen LogP contribution >= 0.6 is 22.9 Å². The van der Waals surface area contributed by atoms with Crippen LogP contribution in [0, 0.1) is 12.8 Å². The van der Waals surface area contributed by atoms with Gasteiger partial charge in [0.2, 0.25) is 0 Å². The monoisotopic (exact) mass is 296 g/mol. The highest BCUT2D eigenvalue weighted by molar-refractivity contribution is 7.15. The van der Waals surface area contributed by atoms with E-state index in [4.69, 9.17) is 5.73 Å². The van der Waals surface area contributed by atoms with Crippen molar-refractivity contribution < 1.29 is 0 Å². The predicted molar refractivity (Wildman–Crippen MR) is 84.9 cm³/mol. The van der Waals surface area contributed by atoms with Gasteiger partial charge in [0.1, 0.15) is 15.8 Å². The van der Waals surface area contributed by atoms with E-state index in [1.807, 2.05) is 12.3 Å². The number of nitrogens with two attached hydrogens (primary N) is 1. The van der Waals surface area contributed by atoms with Crippen molar-refractivity contribution in [2.75, 3.05) is 17.6 Å². The fourth-order valence-corrected chi connectivity index (χ4v) is 3.55. The van der Waals surface area contributed by atoms with Crippen LogP contribution in [0.3, 0.4) is 0 Å². The van der Waals surface area contributed by atoms with Crippen molar-refractivity contribution in [1.29, 1.82) is 0 Å². The molecular weight excluding hydrogens is 276 g/mol. The minimum Gasteiger partial charge on any atom is -0.382 e. The third kappa shape index (κ3) is 3.25. The zero-order valence-electron chi connectivity index (χ0n) is 11.6. The Hall–Kier alpha value is -1.14. The van der Waals surface area contributed by atoms with Gasteiger partial charge in [-0.15, -0.1) is 11.3 Å². The van der Waals surface area contributed by atoms with Crippen LogP contribution in [0.4, 0.5) is 10.8 Å². The molecule has 0 radical (unpaired) electrons. The summed E-state index contributed by atoms with van der Waals surface area (Å²) in [6.07, 6.45) is 2.37. The van der Waals surface area contributed by atoms with E-state index in [-0.39, 0.29) is 0 Å². The van der Waals surface area contributed by atoms with Crippen LogP contribution < -0.4 is 11.1 Å². The Morgan fingerprint density at radius 3 is 2.68 bits per heavy atom. The van der Waals surface area contributed by atoms with E-state index in [9.17, 15) is 0 Å². The van der Waals surface area contributed by atoms with E-state index in [2.05, 4.69) is 28.5 Å². The van der Waals surface area contributed by atoms with E-state index in [0.717, 1.165) is 27.8 Å². The Labute approximate surface area is 122 Å². The third-order valence-electron chi connectivity index (χ3n) is 3.26. The number of rotatable bonds is 6. The SMILES string of the molecule is CCC(CC)CNc1snc(N)c1-c1nc(C)cs1. The number of aromatic nitrogens is 2. The van der Waals surface area contributed by atoms with Gasteiger partial charge >= 0.3 is 0 Å². The summed E-state index contributed by atoms with van der Waals surface area (Å²) < 4.78 is 4.26. The molecule has 0 bridgehead atoms. The molecule has 2 rings (SSSR count). The summed E-state index contributed by atoms with van der Waals surface area (Å²) in [5, 5.41) is 7.52. The minimum atomic E-state index is 0.575. The van der Waals surface area contributed by atoms with Gasteiger partial charge in [0.05, 0.1) is 5.56 Å². The second-order valence-corrected chi connectivity index (χ2v) is 6.26. The molecule has 0 fully saturated rings. The molecule has 0 aliphatic carbocycles. The van der Waals surface area contributed by atoms with Gasteiger partial charge in [0.25, 0.3) is 0 Å². The van der Waals surface area contributed by atoms with Gasteiger partial charge in [0.15, 0.2) is 0 Å². The first-order valence-electron chi connectivity index (χ1n) is 6.57. The normalized spacial score (nSPS) is 11.2. The summed E-state index contributed by atoms with van der Waals surface area (Å²) in [7, 11) is 0. The van der Waals surface area contributed by atoms with Crippen molar-refractivity contribution in [3.63, 3.8) is 0 Å². The molecule has 0 amide bonds. The molecule has 0 saturated carbocycles. The molecule has 2 aromatic rings. The van der Waals surface area contributed by atoms with Gasteiger partial charge in [-0.3, -0.25) is 0 Å². The molecule has 3 N–H and O–H groups in total. The summed E-state index contributed by atoms with van der Waals surface area (Å²) in [6.45, 7) is 7.41. The Balaban J connectivity index is 2.18. The Kier molecular flexibility index (Phi) is 4.76. The average molecular weight is 296 g/mol. The van der Waals surface area contributed by atoms with Crippen LogP contribution in [0.15, 0.2) is 5.38 Å². The van der Waals surface area contributed by atoms with E-state index >= 15 is 0 Å². The van der Waals surface area contributed by atoms with Crippen molar-refractivity contribution in [2.45, 2.75) is 33.6 Å². The number of aryl methyl sites for hydroxylation is 1. The van der Waals surface area contributed by atoms with Gasteiger partial charge in [-0.1, -0.05) is 26.7 Å². The second-order valence-electron chi connectivity index (χ2n) is 4.63. The molecule has 104 valence electrons. The van der Waals surface area contributed by atoms with Gasteiger partial charge < -0.3 is 11.1 Å². The molecule has 6 heteroatoms. The standard InChI is InChI=1S/C13H20N4S2/c1-4-9(5-2)6-15-12-10(11(14)17-19-12)13-16-8(3)7-18-13/h7,9,15H,4-6H2,1-3H3,(H2,14,17). The van der Waals surface area contributed by atoms with Crippen molar-refractivity contribution in [3.8, 4) is 10.6 Å². The number of anilines is 2. The molecular formula is C13H20N4S2. The first kappa shape index (κ1) is 14.3. The van der Waals surface area contributed by atoms with Crippen LogP contribution in [0.1, 0.15) is 32.4 Å². The highest BCUT2D eigenvalue weighted by atomic mass is 32.1. The van der Waals surface area contributed by atoms with E-state index < -0.39 is 0 Å². The van der Waals surface area contributed by atoms with Crippen molar-refractivity contribution in [3.05, 3.63) is 11.1 Å². The van der Waals surface area contributed by atoms with Crippen LogP contribution in [0.25, 0.3) is 10.6 Å². The van der Waals surface area contributed by atoms with Crippen molar-refractivity contribution in [2.24, 2.45) is 5.92 Å². The quantitative estimate of drug-likeness (QED) is 0.845. The Bertz CT molecular complexity index is 528. The first-order valence-corrected chi connectivity index (χ1v) is 8.22. The lowest BCUT2D eigenvalue weighted by molar-refractivity contribution is 0.519. The molecule has 2 aromatic heterocycles. The number of nitrogen functional groups attached to an aromatic ring is 1. The van der Waals surface area contributed by atoms with Gasteiger partial charge in [-0.25, -0.2) is 4.98 Å². The highest BCUT2D eigenvalue weighted by Gasteiger charge is 2.17. The summed E-state index contributed by atoms with van der Waals surface area (Å²) >= 11 is 3.04. The molecule has 4 nitrogen and oxygen atoms in total. The molecule has 0 saturated heterocycles. The fourth-order valence-electron chi connectivity index (χ4n) is 1.91. The smallest absolute Gasteiger partial charge is 0.149 e. The van der Waals surface area contributed by atoms with E-state index in [1.54, 1.807) is 11.3 Å². The molecule has 0 aliphatic heterocycles. The number of thiazole rings is 1. The van der Waals surface area contributed by atoms with Crippen LogP contribution in [0.5, 0.6) is 0 Å². The van der Waals surface area contributed by atoms with Gasteiger partial charge in [-0.05, 0) is 24.4 Å². The maximum Gasteiger partial charge on any atom is 0.149 e. The minimum absolute atomic E-state index is 0.575. The zero-order valence-corrected chi connectivity index (χ0v) is 13.2. The molecule has 0 aromatic carbocycles. The van der Waals surface area contributed by atoms with E-state index in [1.165, 1.54) is 24.4 Å². The van der Waals surface area contributed by atoms with Gasteiger partial charge in [-0.2, -0.15) is 4.37 Å². The maximum atomic E-state index is 5.98. The largest absolute Gasteiger partial charge is 0.382 e. The predicted octanol–water partition coefficient (Wildman–Crippen LogP) is 4.01. The van der Waals surface area contributed by atoms with Crippen LogP contribution in [-0.4, -0.2) is 15.9 Å². The van der Waals surface area contributed by atoms with Crippen LogP contribution in [-0.2, 0) is 0 Å². The van der Waals surface area contributed by atoms with Gasteiger partial charge in [0, 0.05) is 17.6 Å². The van der Waals surface area contributed by atoms with Crippen molar-refractivity contribution in [1.82, 2.24) is 9.36 Å². The van der Waals surface area contributed by atoms with Crippen molar-refractivity contribution >= 4 is 33.7 Å². The number of hydrogen-bond acceptors (Lipinski definition) is 6. The molecule has 2 heterocycles. The van der Waals surface area contributed by atoms with Crippen LogP contribution in [0.2, 0.25) is 0 Å². The summed E-state index contributed by atoms with van der Waals surface area (Å²) in [4.78, 5) is 4.51. The molecule has 0 aliphatic rings. The fraction of sp³-hybridized carbons (Fsp3) is 0.538. The molecule has 0 spiro atoms. The highest BCUT2D eigenvalue weighted by Crippen LogP contribution is 2.38. The summed E-state index contributed by atoms with van der Waals surface area (Å²) in [5.41, 5.74) is 7.97. The Morgan fingerprint density at radius 1 is 1.37 bits per heavy atom. The zero-order chi connectivity index (χ0) is 13.8. The number of nitrogens with zero attached hydrogens (tertiary/aromatic N) is 2. The number of hydrogen-bond donors (Lipinski definition) is 2. The molecule has 0 atom stereocenters. The summed E-state index contributed by atoms with van der Waals surface area (Å²) in [6, 6.07) is 0. The second kappa shape index (κ2) is 6.34. The molecule has 0 unspecified atom stereocenters. The number of nitrogens with one attached hydrogen (secondary N) is 1.